The Morgan fingerprint density at radius 2 is 1.96 bits per heavy atom. The van der Waals surface area contributed by atoms with Crippen molar-refractivity contribution in [1.29, 1.82) is 0 Å². The van der Waals surface area contributed by atoms with Crippen LogP contribution in [-0.4, -0.2) is 23.2 Å². The van der Waals surface area contributed by atoms with Crippen LogP contribution in [0.5, 0.6) is 5.75 Å². The van der Waals surface area contributed by atoms with E-state index < -0.39 is 5.82 Å². The first kappa shape index (κ1) is 15.7. The highest BCUT2D eigenvalue weighted by Crippen LogP contribution is 2.19. The summed E-state index contributed by atoms with van der Waals surface area (Å²) in [6.45, 7) is 0.0479. The number of methoxy groups -OCH3 is 1. The van der Waals surface area contributed by atoms with Crippen molar-refractivity contribution in [1.82, 2.24) is 15.5 Å². The Balaban J connectivity index is 1.65. The van der Waals surface area contributed by atoms with Crippen molar-refractivity contribution in [2.45, 2.75) is 6.54 Å². The highest BCUT2D eigenvalue weighted by Gasteiger charge is 2.13. The van der Waals surface area contributed by atoms with Gasteiger partial charge < -0.3 is 14.6 Å². The minimum atomic E-state index is -0.438. The maximum absolute atomic E-state index is 13.7. The number of amides is 1. The standard InChI is InChI=1S/C17H14FN3O3/c1-23-12-8-6-11(7-9-12)17(22)19-10-15-20-16(21-24-15)13-4-2-3-5-14(13)18/h2-9H,10H2,1H3,(H,19,22). The second-order valence-electron chi connectivity index (χ2n) is 4.90. The summed E-state index contributed by atoms with van der Waals surface area (Å²) in [6.07, 6.45) is 0. The van der Waals surface area contributed by atoms with Gasteiger partial charge in [0.2, 0.25) is 11.7 Å². The van der Waals surface area contributed by atoms with E-state index in [0.717, 1.165) is 0 Å². The van der Waals surface area contributed by atoms with E-state index in [9.17, 15) is 9.18 Å². The maximum atomic E-state index is 13.7. The van der Waals surface area contributed by atoms with E-state index in [1.807, 2.05) is 0 Å². The summed E-state index contributed by atoms with van der Waals surface area (Å²) in [4.78, 5) is 16.1. The highest BCUT2D eigenvalue weighted by atomic mass is 19.1. The SMILES string of the molecule is COc1ccc(C(=O)NCc2nc(-c3ccccc3F)no2)cc1. The van der Waals surface area contributed by atoms with E-state index in [4.69, 9.17) is 9.26 Å². The zero-order chi connectivity index (χ0) is 16.9. The van der Waals surface area contributed by atoms with Gasteiger partial charge in [-0.2, -0.15) is 4.98 Å². The second kappa shape index (κ2) is 6.91. The summed E-state index contributed by atoms with van der Waals surface area (Å²) in [6, 6.07) is 12.8. The Bertz CT molecular complexity index is 846. The Hall–Kier alpha value is -3.22. The van der Waals surface area contributed by atoms with Gasteiger partial charge in [0, 0.05) is 5.56 Å². The number of aromatic nitrogens is 2. The number of rotatable bonds is 5. The zero-order valence-electron chi connectivity index (χ0n) is 12.8. The number of halogens is 1. The van der Waals surface area contributed by atoms with Gasteiger partial charge in [-0.25, -0.2) is 4.39 Å². The van der Waals surface area contributed by atoms with Crippen LogP contribution in [0.2, 0.25) is 0 Å². The molecule has 122 valence electrons. The molecule has 0 aliphatic heterocycles. The molecule has 0 saturated heterocycles. The fourth-order valence-corrected chi connectivity index (χ4v) is 2.08. The average Bonchev–Trinajstić information content (AvgIpc) is 3.09. The van der Waals surface area contributed by atoms with Gasteiger partial charge in [0.15, 0.2) is 0 Å². The third-order valence-corrected chi connectivity index (χ3v) is 3.34. The van der Waals surface area contributed by atoms with Crippen molar-refractivity contribution >= 4 is 5.91 Å². The molecule has 0 saturated carbocycles. The van der Waals surface area contributed by atoms with Gasteiger partial charge >= 0.3 is 0 Å². The van der Waals surface area contributed by atoms with E-state index in [1.165, 1.54) is 6.07 Å². The molecule has 24 heavy (non-hydrogen) atoms. The lowest BCUT2D eigenvalue weighted by atomic mass is 10.2. The van der Waals surface area contributed by atoms with E-state index >= 15 is 0 Å². The molecule has 0 aliphatic carbocycles. The number of carbonyl (C=O) groups excluding carboxylic acids is 1. The largest absolute Gasteiger partial charge is 0.497 e. The molecule has 2 aromatic carbocycles. The Labute approximate surface area is 137 Å². The van der Waals surface area contributed by atoms with Crippen LogP contribution in [0.4, 0.5) is 4.39 Å². The van der Waals surface area contributed by atoms with Crippen molar-refractivity contribution in [3.63, 3.8) is 0 Å². The number of hydrogen-bond acceptors (Lipinski definition) is 5. The molecular formula is C17H14FN3O3. The van der Waals surface area contributed by atoms with Crippen molar-refractivity contribution < 1.29 is 18.4 Å². The number of ether oxygens (including phenoxy) is 1. The van der Waals surface area contributed by atoms with Gasteiger partial charge in [0.25, 0.3) is 5.91 Å². The maximum Gasteiger partial charge on any atom is 0.251 e. The first-order valence-corrected chi connectivity index (χ1v) is 7.17. The number of nitrogens with zero attached hydrogens (tertiary/aromatic N) is 2. The molecule has 0 atom stereocenters. The molecule has 0 aliphatic rings. The molecule has 7 heteroatoms. The van der Waals surface area contributed by atoms with Crippen molar-refractivity contribution in [2.75, 3.05) is 7.11 Å². The summed E-state index contributed by atoms with van der Waals surface area (Å²) in [7, 11) is 1.55. The fraction of sp³-hybridized carbons (Fsp3) is 0.118. The Morgan fingerprint density at radius 3 is 2.67 bits per heavy atom. The molecule has 1 aromatic heterocycles. The van der Waals surface area contributed by atoms with Crippen LogP contribution >= 0.6 is 0 Å². The van der Waals surface area contributed by atoms with Gasteiger partial charge in [0.1, 0.15) is 11.6 Å². The summed E-state index contributed by atoms with van der Waals surface area (Å²) in [5.41, 5.74) is 0.721. The second-order valence-corrected chi connectivity index (χ2v) is 4.90. The van der Waals surface area contributed by atoms with E-state index in [-0.39, 0.29) is 29.7 Å². The van der Waals surface area contributed by atoms with Crippen LogP contribution < -0.4 is 10.1 Å². The Kier molecular flexibility index (Phi) is 4.51. The first-order chi connectivity index (χ1) is 11.7. The number of nitrogens with one attached hydrogen (secondary N) is 1. The molecule has 0 spiro atoms. The molecule has 0 bridgehead atoms. The fourth-order valence-electron chi connectivity index (χ4n) is 2.08. The smallest absolute Gasteiger partial charge is 0.251 e. The number of carbonyl (C=O) groups is 1. The van der Waals surface area contributed by atoms with Crippen molar-refractivity contribution in [2.24, 2.45) is 0 Å². The molecule has 6 nitrogen and oxygen atoms in total. The summed E-state index contributed by atoms with van der Waals surface area (Å²) < 4.78 is 23.8. The Morgan fingerprint density at radius 1 is 1.21 bits per heavy atom. The molecule has 1 amide bonds. The predicted molar refractivity (Wildman–Crippen MR) is 83.9 cm³/mol. The van der Waals surface area contributed by atoms with E-state index in [1.54, 1.807) is 49.6 Å². The van der Waals surface area contributed by atoms with Gasteiger partial charge in [-0.3, -0.25) is 4.79 Å². The lowest BCUT2D eigenvalue weighted by molar-refractivity contribution is 0.0946. The van der Waals surface area contributed by atoms with Gasteiger partial charge in [0.05, 0.1) is 19.2 Å². The minimum absolute atomic E-state index is 0.0479. The average molecular weight is 327 g/mol. The number of hydrogen-bond donors (Lipinski definition) is 1. The normalized spacial score (nSPS) is 10.4. The third-order valence-electron chi connectivity index (χ3n) is 3.34. The monoisotopic (exact) mass is 327 g/mol. The molecule has 3 rings (SSSR count). The van der Waals surface area contributed by atoms with Crippen LogP contribution in [-0.2, 0) is 6.54 Å². The zero-order valence-corrected chi connectivity index (χ0v) is 12.8. The number of benzene rings is 2. The molecule has 0 unspecified atom stereocenters. The lowest BCUT2D eigenvalue weighted by Gasteiger charge is -2.03. The molecule has 1 N–H and O–H groups in total. The van der Waals surface area contributed by atoms with Crippen LogP contribution in [0.15, 0.2) is 53.1 Å². The van der Waals surface area contributed by atoms with E-state index in [0.29, 0.717) is 11.3 Å². The quantitative estimate of drug-likeness (QED) is 0.780. The van der Waals surface area contributed by atoms with Crippen LogP contribution in [0.1, 0.15) is 16.2 Å². The third kappa shape index (κ3) is 3.40. The first-order valence-electron chi connectivity index (χ1n) is 7.17. The lowest BCUT2D eigenvalue weighted by Crippen LogP contribution is -2.22. The summed E-state index contributed by atoms with van der Waals surface area (Å²) >= 11 is 0. The summed E-state index contributed by atoms with van der Waals surface area (Å²) in [5.74, 6) is 0.269. The highest BCUT2D eigenvalue weighted by molar-refractivity contribution is 5.94. The molecule has 1 heterocycles. The van der Waals surface area contributed by atoms with Crippen LogP contribution in [0.25, 0.3) is 11.4 Å². The molecule has 3 aromatic rings. The van der Waals surface area contributed by atoms with Crippen LogP contribution in [0, 0.1) is 5.82 Å². The van der Waals surface area contributed by atoms with Gasteiger partial charge in [-0.15, -0.1) is 0 Å². The van der Waals surface area contributed by atoms with E-state index in [2.05, 4.69) is 15.5 Å². The van der Waals surface area contributed by atoms with Crippen molar-refractivity contribution in [3.05, 3.63) is 65.8 Å². The molecular weight excluding hydrogens is 313 g/mol. The topological polar surface area (TPSA) is 77.2 Å². The van der Waals surface area contributed by atoms with Gasteiger partial charge in [-0.1, -0.05) is 17.3 Å². The van der Waals surface area contributed by atoms with Crippen LogP contribution in [0.3, 0.4) is 0 Å². The summed E-state index contributed by atoms with van der Waals surface area (Å²) in [5, 5.41) is 6.39. The molecule has 0 radical (unpaired) electrons. The molecule has 0 fully saturated rings. The van der Waals surface area contributed by atoms with Gasteiger partial charge in [-0.05, 0) is 36.4 Å². The minimum Gasteiger partial charge on any atom is -0.497 e. The van der Waals surface area contributed by atoms with Crippen molar-refractivity contribution in [3.8, 4) is 17.1 Å². The predicted octanol–water partition coefficient (Wildman–Crippen LogP) is 2.81.